The number of benzene rings is 2. The number of aromatic nitrogens is 1. The Bertz CT molecular complexity index is 809. The SMILES string of the molecule is CCc1ccc2[nH]ccc2c1CN1CCCCC1c1ccccc1.[HH]. The first kappa shape index (κ1) is 15.5. The molecule has 1 N–H and O–H groups in total. The molecule has 1 fully saturated rings. The van der Waals surface area contributed by atoms with Crippen LogP contribution in [0.1, 0.15) is 50.3 Å². The molecule has 2 heteroatoms. The zero-order valence-corrected chi connectivity index (χ0v) is 14.5. The van der Waals surface area contributed by atoms with Gasteiger partial charge in [-0.05, 0) is 54.6 Å². The predicted molar refractivity (Wildman–Crippen MR) is 103 cm³/mol. The van der Waals surface area contributed by atoms with Crippen LogP contribution < -0.4 is 0 Å². The maximum Gasteiger partial charge on any atom is 0.0457 e. The van der Waals surface area contributed by atoms with Crippen molar-refractivity contribution in [3.63, 3.8) is 0 Å². The molecule has 0 saturated carbocycles. The number of aryl methyl sites for hydroxylation is 1. The van der Waals surface area contributed by atoms with Gasteiger partial charge in [-0.1, -0.05) is 49.7 Å². The van der Waals surface area contributed by atoms with Crippen LogP contribution in [0.5, 0.6) is 0 Å². The van der Waals surface area contributed by atoms with Gasteiger partial charge in [0.05, 0.1) is 0 Å². The predicted octanol–water partition coefficient (Wildman–Crippen LogP) is 5.70. The highest BCUT2D eigenvalue weighted by molar-refractivity contribution is 5.84. The second-order valence-electron chi connectivity index (χ2n) is 6.89. The number of likely N-dealkylation sites (tertiary alicyclic amines) is 1. The Morgan fingerprint density at radius 2 is 1.96 bits per heavy atom. The van der Waals surface area contributed by atoms with Crippen LogP contribution in [0.15, 0.2) is 54.7 Å². The molecular weight excluding hydrogens is 292 g/mol. The molecule has 0 spiro atoms. The fraction of sp³-hybridized carbons (Fsp3) is 0.364. The normalized spacial score (nSPS) is 19.0. The summed E-state index contributed by atoms with van der Waals surface area (Å²) in [6.45, 7) is 4.52. The third kappa shape index (κ3) is 2.87. The minimum atomic E-state index is 0. The quantitative estimate of drug-likeness (QED) is 0.653. The standard InChI is InChI=1S/C22H26N2.H2/c1-2-17-11-12-21-19(13-14-23-21)20(17)16-24-15-7-6-10-22(24)18-8-4-3-5-9-18;/h3-5,8-9,11-14,22-23H,2,6-7,10,15-16H2,1H3;1H. The van der Waals surface area contributed by atoms with Crippen LogP contribution in [-0.4, -0.2) is 16.4 Å². The lowest BCUT2D eigenvalue weighted by molar-refractivity contribution is 0.140. The Morgan fingerprint density at radius 1 is 1.08 bits per heavy atom. The lowest BCUT2D eigenvalue weighted by atomic mass is 9.93. The monoisotopic (exact) mass is 320 g/mol. The van der Waals surface area contributed by atoms with Crippen molar-refractivity contribution in [1.82, 2.24) is 9.88 Å². The molecule has 1 aliphatic heterocycles. The van der Waals surface area contributed by atoms with E-state index in [1.165, 1.54) is 53.4 Å². The van der Waals surface area contributed by atoms with Crippen molar-refractivity contribution < 1.29 is 1.43 Å². The molecule has 2 heterocycles. The fourth-order valence-electron chi connectivity index (χ4n) is 4.19. The molecule has 126 valence electrons. The van der Waals surface area contributed by atoms with Gasteiger partial charge in [-0.3, -0.25) is 4.90 Å². The van der Waals surface area contributed by atoms with Gasteiger partial charge in [0.1, 0.15) is 0 Å². The number of hydrogen-bond donors (Lipinski definition) is 1. The molecule has 1 aliphatic rings. The average Bonchev–Trinajstić information content (AvgIpc) is 3.12. The smallest absolute Gasteiger partial charge is 0.0457 e. The summed E-state index contributed by atoms with van der Waals surface area (Å²) >= 11 is 0. The van der Waals surface area contributed by atoms with Crippen molar-refractivity contribution in [3.8, 4) is 0 Å². The van der Waals surface area contributed by atoms with Crippen LogP contribution >= 0.6 is 0 Å². The molecule has 3 aromatic rings. The highest BCUT2D eigenvalue weighted by Gasteiger charge is 2.25. The van der Waals surface area contributed by atoms with Gasteiger partial charge in [-0.15, -0.1) is 0 Å². The van der Waals surface area contributed by atoms with E-state index in [0.717, 1.165) is 13.0 Å². The van der Waals surface area contributed by atoms with E-state index in [1.54, 1.807) is 0 Å². The molecule has 24 heavy (non-hydrogen) atoms. The van der Waals surface area contributed by atoms with E-state index < -0.39 is 0 Å². The van der Waals surface area contributed by atoms with Crippen LogP contribution in [0.2, 0.25) is 0 Å². The largest absolute Gasteiger partial charge is 0.361 e. The zero-order chi connectivity index (χ0) is 16.4. The van der Waals surface area contributed by atoms with E-state index in [9.17, 15) is 0 Å². The highest BCUT2D eigenvalue weighted by Crippen LogP contribution is 2.34. The van der Waals surface area contributed by atoms with Crippen molar-refractivity contribution in [1.29, 1.82) is 0 Å². The summed E-state index contributed by atoms with van der Waals surface area (Å²) in [7, 11) is 0. The van der Waals surface area contributed by atoms with Crippen molar-refractivity contribution in [2.45, 2.75) is 45.2 Å². The summed E-state index contributed by atoms with van der Waals surface area (Å²) in [5, 5.41) is 1.40. The summed E-state index contributed by atoms with van der Waals surface area (Å²) < 4.78 is 0. The molecule has 0 radical (unpaired) electrons. The minimum absolute atomic E-state index is 0. The topological polar surface area (TPSA) is 19.0 Å². The molecular formula is C22H28N2. The molecule has 2 nitrogen and oxygen atoms in total. The van der Waals surface area contributed by atoms with Gasteiger partial charge in [-0.25, -0.2) is 0 Å². The maximum absolute atomic E-state index is 3.37. The van der Waals surface area contributed by atoms with Crippen LogP contribution in [0, 0.1) is 0 Å². The summed E-state index contributed by atoms with van der Waals surface area (Å²) in [6.07, 6.45) is 7.09. The molecule has 4 rings (SSSR count). The summed E-state index contributed by atoms with van der Waals surface area (Å²) in [4.78, 5) is 6.07. The Morgan fingerprint density at radius 3 is 2.79 bits per heavy atom. The van der Waals surface area contributed by atoms with Gasteiger partial charge < -0.3 is 4.98 Å². The first-order valence-electron chi connectivity index (χ1n) is 9.23. The van der Waals surface area contributed by atoms with E-state index in [4.69, 9.17) is 0 Å². The number of H-pyrrole nitrogens is 1. The van der Waals surface area contributed by atoms with Gasteiger partial charge >= 0.3 is 0 Å². The van der Waals surface area contributed by atoms with Crippen LogP contribution in [0.25, 0.3) is 10.9 Å². The van der Waals surface area contributed by atoms with Crippen molar-refractivity contribution >= 4 is 10.9 Å². The number of aromatic amines is 1. The minimum Gasteiger partial charge on any atom is -0.361 e. The van der Waals surface area contributed by atoms with Crippen molar-refractivity contribution in [2.75, 3.05) is 6.54 Å². The molecule has 0 bridgehead atoms. The summed E-state index contributed by atoms with van der Waals surface area (Å²) in [5.74, 6) is 0. The number of piperidine rings is 1. The average molecular weight is 320 g/mol. The molecule has 2 aromatic carbocycles. The van der Waals surface area contributed by atoms with E-state index in [2.05, 4.69) is 71.5 Å². The van der Waals surface area contributed by atoms with Gasteiger partial charge in [0.25, 0.3) is 0 Å². The third-order valence-electron chi connectivity index (χ3n) is 5.48. The Hall–Kier alpha value is -2.06. The van der Waals surface area contributed by atoms with E-state index in [-0.39, 0.29) is 1.43 Å². The first-order valence-corrected chi connectivity index (χ1v) is 9.23. The number of nitrogens with zero attached hydrogens (tertiary/aromatic N) is 1. The van der Waals surface area contributed by atoms with Gasteiger partial charge in [0.2, 0.25) is 0 Å². The lowest BCUT2D eigenvalue weighted by Crippen LogP contribution is -2.33. The summed E-state index contributed by atoms with van der Waals surface area (Å²) in [6, 6.07) is 18.4. The first-order chi connectivity index (χ1) is 11.9. The van der Waals surface area contributed by atoms with Crippen LogP contribution in [0.4, 0.5) is 0 Å². The Kier molecular flexibility index (Phi) is 4.40. The zero-order valence-electron chi connectivity index (χ0n) is 14.5. The highest BCUT2D eigenvalue weighted by atomic mass is 15.2. The van der Waals surface area contributed by atoms with Crippen LogP contribution in [0.3, 0.4) is 0 Å². The molecule has 0 amide bonds. The molecule has 1 aromatic heterocycles. The number of fused-ring (bicyclic) bond motifs is 1. The van der Waals surface area contributed by atoms with Crippen molar-refractivity contribution in [3.05, 3.63) is 71.4 Å². The second-order valence-corrected chi connectivity index (χ2v) is 6.89. The number of rotatable bonds is 4. The lowest BCUT2D eigenvalue weighted by Gasteiger charge is -2.36. The van der Waals surface area contributed by atoms with Gasteiger partial charge in [-0.2, -0.15) is 0 Å². The molecule has 1 unspecified atom stereocenters. The van der Waals surface area contributed by atoms with Crippen molar-refractivity contribution in [2.24, 2.45) is 0 Å². The Balaban J connectivity index is 0.00000182. The van der Waals surface area contributed by atoms with Gasteiger partial charge in [0, 0.05) is 31.1 Å². The van der Waals surface area contributed by atoms with E-state index >= 15 is 0 Å². The maximum atomic E-state index is 3.37. The number of nitrogens with one attached hydrogen (secondary N) is 1. The van der Waals surface area contributed by atoms with E-state index in [0.29, 0.717) is 6.04 Å². The second kappa shape index (κ2) is 6.82. The van der Waals surface area contributed by atoms with Gasteiger partial charge in [0.15, 0.2) is 0 Å². The van der Waals surface area contributed by atoms with Crippen LogP contribution in [-0.2, 0) is 13.0 Å². The third-order valence-corrected chi connectivity index (χ3v) is 5.48. The summed E-state index contributed by atoms with van der Waals surface area (Å²) in [5.41, 5.74) is 5.73. The van der Waals surface area contributed by atoms with E-state index in [1.807, 2.05) is 0 Å². The molecule has 0 aliphatic carbocycles. The molecule has 1 atom stereocenters. The molecule has 1 saturated heterocycles. The Labute approximate surface area is 146 Å². The fourth-order valence-corrected chi connectivity index (χ4v) is 4.19. The number of hydrogen-bond acceptors (Lipinski definition) is 1.